The highest BCUT2D eigenvalue weighted by Crippen LogP contribution is 2.36. The van der Waals surface area contributed by atoms with Crippen LogP contribution in [0.25, 0.3) is 6.08 Å². The maximum absolute atomic E-state index is 11.5. The Hall–Kier alpha value is -1.37. The van der Waals surface area contributed by atoms with Gasteiger partial charge in [0.15, 0.2) is 5.78 Å². The summed E-state index contributed by atoms with van der Waals surface area (Å²) in [5, 5.41) is 0. The number of ketones is 1. The van der Waals surface area contributed by atoms with Crippen LogP contribution in [0.2, 0.25) is 0 Å². The molecule has 58 valence electrons. The molecule has 0 aliphatic heterocycles. The molecule has 0 fully saturated rings. The molecule has 0 atom stereocenters. The van der Waals surface area contributed by atoms with Crippen LogP contribution in [0.4, 0.5) is 0 Å². The highest BCUT2D eigenvalue weighted by molar-refractivity contribution is 6.05. The number of Topliss-reactive ketones (excluding diaryl/α,β-unsaturated/α-hetero) is 1. The van der Waals surface area contributed by atoms with E-state index in [1.54, 1.807) is 0 Å². The minimum Gasteiger partial charge on any atom is -0.294 e. The molecule has 0 saturated carbocycles. The molecule has 0 N–H and O–H groups in total. The first-order valence-corrected chi connectivity index (χ1v) is 4.21. The first-order valence-electron chi connectivity index (χ1n) is 4.21. The van der Waals surface area contributed by atoms with Gasteiger partial charge in [-0.2, -0.15) is 0 Å². The molecule has 2 aliphatic carbocycles. The Balaban J connectivity index is 2.35. The van der Waals surface area contributed by atoms with Gasteiger partial charge in [0.25, 0.3) is 0 Å². The molecule has 0 heterocycles. The molecule has 1 heteroatoms. The van der Waals surface area contributed by atoms with Crippen molar-refractivity contribution in [1.29, 1.82) is 0 Å². The third-order valence-corrected chi connectivity index (χ3v) is 2.56. The molecule has 0 unspecified atom stereocenters. The van der Waals surface area contributed by atoms with E-state index >= 15 is 0 Å². The van der Waals surface area contributed by atoms with Crippen LogP contribution in [0.15, 0.2) is 18.2 Å². The fourth-order valence-corrected chi connectivity index (χ4v) is 1.87. The van der Waals surface area contributed by atoms with Crippen molar-refractivity contribution in [2.45, 2.75) is 12.8 Å². The van der Waals surface area contributed by atoms with E-state index in [0.29, 0.717) is 12.2 Å². The smallest absolute Gasteiger partial charge is 0.167 e. The van der Waals surface area contributed by atoms with E-state index in [-0.39, 0.29) is 0 Å². The average molecular weight is 156 g/mol. The van der Waals surface area contributed by atoms with Crippen LogP contribution < -0.4 is 0 Å². The molecule has 1 aromatic carbocycles. The zero-order chi connectivity index (χ0) is 8.13. The molecule has 0 saturated heterocycles. The van der Waals surface area contributed by atoms with Crippen LogP contribution >= 0.6 is 0 Å². The van der Waals surface area contributed by atoms with Gasteiger partial charge in [-0.25, -0.2) is 0 Å². The topological polar surface area (TPSA) is 17.1 Å². The summed E-state index contributed by atoms with van der Waals surface area (Å²) >= 11 is 0. The SMILES string of the molecule is O=C1CC=Cc2ccc3c(c21)C3. The van der Waals surface area contributed by atoms with Crippen LogP contribution in [-0.2, 0) is 6.42 Å². The summed E-state index contributed by atoms with van der Waals surface area (Å²) in [5.74, 6) is 0.293. The van der Waals surface area contributed by atoms with Crippen LogP contribution in [0, 0.1) is 0 Å². The molecule has 0 spiro atoms. The lowest BCUT2D eigenvalue weighted by atomic mass is 9.96. The van der Waals surface area contributed by atoms with Gasteiger partial charge < -0.3 is 0 Å². The number of fused-ring (bicyclic) bond motifs is 3. The first kappa shape index (κ1) is 6.18. The average Bonchev–Trinajstić information content (AvgIpc) is 2.82. The van der Waals surface area contributed by atoms with Crippen molar-refractivity contribution in [3.63, 3.8) is 0 Å². The lowest BCUT2D eigenvalue weighted by Gasteiger charge is -2.07. The van der Waals surface area contributed by atoms with Crippen molar-refractivity contribution in [3.05, 3.63) is 40.5 Å². The van der Waals surface area contributed by atoms with Crippen molar-refractivity contribution in [2.75, 3.05) is 0 Å². The summed E-state index contributed by atoms with van der Waals surface area (Å²) in [7, 11) is 0. The molecule has 12 heavy (non-hydrogen) atoms. The maximum atomic E-state index is 11.5. The molecule has 2 aliphatic rings. The number of allylic oxidation sites excluding steroid dienone is 1. The van der Waals surface area contributed by atoms with E-state index in [1.165, 1.54) is 11.1 Å². The second kappa shape index (κ2) is 1.86. The van der Waals surface area contributed by atoms with Gasteiger partial charge >= 0.3 is 0 Å². The zero-order valence-corrected chi connectivity index (χ0v) is 6.63. The van der Waals surface area contributed by atoms with Gasteiger partial charge in [-0.15, -0.1) is 0 Å². The predicted molar refractivity (Wildman–Crippen MR) is 47.2 cm³/mol. The largest absolute Gasteiger partial charge is 0.294 e. The van der Waals surface area contributed by atoms with Gasteiger partial charge in [0.1, 0.15) is 0 Å². The van der Waals surface area contributed by atoms with Crippen molar-refractivity contribution >= 4 is 11.9 Å². The number of carbonyl (C=O) groups excluding carboxylic acids is 1. The van der Waals surface area contributed by atoms with Crippen molar-refractivity contribution < 1.29 is 4.79 Å². The van der Waals surface area contributed by atoms with E-state index in [0.717, 1.165) is 17.5 Å². The Morgan fingerprint density at radius 1 is 1.25 bits per heavy atom. The Labute approximate surface area is 70.7 Å². The summed E-state index contributed by atoms with van der Waals surface area (Å²) < 4.78 is 0. The Morgan fingerprint density at radius 2 is 2.17 bits per heavy atom. The second-order valence-electron chi connectivity index (χ2n) is 3.37. The standard InChI is InChI=1S/C11H8O/c12-10-3-1-2-7-4-5-8-6-9(8)11(7)10/h1-2,4-5H,3,6H2. The molecule has 0 aromatic heterocycles. The summed E-state index contributed by atoms with van der Waals surface area (Å²) in [6, 6.07) is 4.17. The summed E-state index contributed by atoms with van der Waals surface area (Å²) in [6.45, 7) is 0. The third kappa shape index (κ3) is 0.658. The summed E-state index contributed by atoms with van der Waals surface area (Å²) in [5.41, 5.74) is 4.76. The Morgan fingerprint density at radius 3 is 3.08 bits per heavy atom. The second-order valence-corrected chi connectivity index (χ2v) is 3.37. The third-order valence-electron chi connectivity index (χ3n) is 2.56. The van der Waals surface area contributed by atoms with Gasteiger partial charge in [0, 0.05) is 12.0 Å². The van der Waals surface area contributed by atoms with Gasteiger partial charge in [0.2, 0.25) is 0 Å². The van der Waals surface area contributed by atoms with Crippen LogP contribution in [0.3, 0.4) is 0 Å². The highest BCUT2D eigenvalue weighted by atomic mass is 16.1. The number of rotatable bonds is 0. The van der Waals surface area contributed by atoms with Gasteiger partial charge in [-0.1, -0.05) is 24.3 Å². The first-order chi connectivity index (χ1) is 5.86. The number of carbonyl (C=O) groups is 1. The highest BCUT2D eigenvalue weighted by Gasteiger charge is 2.27. The minimum atomic E-state index is 0.293. The lowest BCUT2D eigenvalue weighted by molar-refractivity contribution is 0.0994. The summed E-state index contributed by atoms with van der Waals surface area (Å²) in [6.07, 6.45) is 5.62. The molecule has 3 rings (SSSR count). The monoisotopic (exact) mass is 156 g/mol. The molecule has 0 radical (unpaired) electrons. The fraction of sp³-hybridized carbons (Fsp3) is 0.182. The van der Waals surface area contributed by atoms with Gasteiger partial charge in [0.05, 0.1) is 0 Å². The Bertz CT molecular complexity index is 413. The van der Waals surface area contributed by atoms with Crippen molar-refractivity contribution in [3.8, 4) is 0 Å². The number of benzene rings is 1. The van der Waals surface area contributed by atoms with Crippen LogP contribution in [-0.4, -0.2) is 5.78 Å². The minimum absolute atomic E-state index is 0.293. The molecule has 1 aromatic rings. The Kier molecular flexibility index (Phi) is 0.959. The van der Waals surface area contributed by atoms with Gasteiger partial charge in [-0.05, 0) is 23.1 Å². The number of hydrogen-bond acceptors (Lipinski definition) is 1. The fourth-order valence-electron chi connectivity index (χ4n) is 1.87. The molecule has 0 amide bonds. The van der Waals surface area contributed by atoms with Crippen molar-refractivity contribution in [2.24, 2.45) is 0 Å². The van der Waals surface area contributed by atoms with E-state index < -0.39 is 0 Å². The molecular formula is C11H8O. The molecular weight excluding hydrogens is 148 g/mol. The van der Waals surface area contributed by atoms with Gasteiger partial charge in [-0.3, -0.25) is 4.79 Å². The predicted octanol–water partition coefficient (Wildman–Crippen LogP) is 2.19. The van der Waals surface area contributed by atoms with E-state index in [1.807, 2.05) is 6.08 Å². The summed E-state index contributed by atoms with van der Waals surface area (Å²) in [4.78, 5) is 11.5. The van der Waals surface area contributed by atoms with Crippen LogP contribution in [0.5, 0.6) is 0 Å². The molecule has 0 bridgehead atoms. The number of hydrogen-bond donors (Lipinski definition) is 0. The maximum Gasteiger partial charge on any atom is 0.167 e. The van der Waals surface area contributed by atoms with Crippen LogP contribution in [0.1, 0.15) is 33.5 Å². The normalized spacial score (nSPS) is 17.2. The van der Waals surface area contributed by atoms with E-state index in [4.69, 9.17) is 0 Å². The molecule has 1 nitrogen and oxygen atoms in total. The van der Waals surface area contributed by atoms with E-state index in [2.05, 4.69) is 18.2 Å². The quantitative estimate of drug-likeness (QED) is 0.571. The van der Waals surface area contributed by atoms with E-state index in [9.17, 15) is 4.79 Å². The van der Waals surface area contributed by atoms with Crippen molar-refractivity contribution in [1.82, 2.24) is 0 Å². The zero-order valence-electron chi connectivity index (χ0n) is 6.63. The lowest BCUT2D eigenvalue weighted by Crippen LogP contribution is -2.03.